The van der Waals surface area contributed by atoms with Crippen LogP contribution in [0.4, 0.5) is 4.79 Å². The summed E-state index contributed by atoms with van der Waals surface area (Å²) in [5.74, 6) is -0.974. The van der Waals surface area contributed by atoms with Crippen LogP contribution in [0.15, 0.2) is 0 Å². The smallest absolute Gasteiger partial charge is 0.318 e. The zero-order chi connectivity index (χ0) is 18.7. The van der Waals surface area contributed by atoms with Gasteiger partial charge >= 0.3 is 12.0 Å². The Morgan fingerprint density at radius 2 is 1.85 bits per heavy atom. The second-order valence-corrected chi connectivity index (χ2v) is 7.74. The molecule has 1 aliphatic heterocycles. The third kappa shape index (κ3) is 4.02. The second kappa shape index (κ2) is 8.10. The van der Waals surface area contributed by atoms with E-state index in [0.29, 0.717) is 12.8 Å². The summed E-state index contributed by atoms with van der Waals surface area (Å²) < 4.78 is 0. The molecule has 0 radical (unpaired) electrons. The lowest BCUT2D eigenvalue weighted by molar-refractivity contribution is -0.142. The van der Waals surface area contributed by atoms with E-state index in [1.807, 2.05) is 18.7 Å². The molecule has 1 aliphatic carbocycles. The number of likely N-dealkylation sites (tertiary alicyclic amines) is 1. The first-order chi connectivity index (χ1) is 12.5. The molecule has 0 aromatic carbocycles. The predicted octanol–water partition coefficient (Wildman–Crippen LogP) is 3.30. The van der Waals surface area contributed by atoms with Crippen LogP contribution in [0.1, 0.15) is 74.4 Å². The van der Waals surface area contributed by atoms with Crippen molar-refractivity contribution >= 4 is 12.0 Å². The minimum atomic E-state index is -0.715. The Bertz CT molecular complexity index is 630. The van der Waals surface area contributed by atoms with Crippen molar-refractivity contribution in [3.8, 4) is 0 Å². The van der Waals surface area contributed by atoms with Crippen LogP contribution in [0.3, 0.4) is 0 Å². The Morgan fingerprint density at radius 3 is 2.46 bits per heavy atom. The quantitative estimate of drug-likeness (QED) is 0.768. The van der Waals surface area contributed by atoms with Crippen molar-refractivity contribution in [3.63, 3.8) is 0 Å². The van der Waals surface area contributed by atoms with Gasteiger partial charge in [-0.2, -0.15) is 5.10 Å². The number of carbonyl (C=O) groups excluding carboxylic acids is 1. The van der Waals surface area contributed by atoms with Crippen LogP contribution in [0.2, 0.25) is 0 Å². The molecule has 2 amide bonds. The number of carbonyl (C=O) groups is 2. The summed E-state index contributed by atoms with van der Waals surface area (Å²) in [6.45, 7) is 4.77. The van der Waals surface area contributed by atoms with Gasteiger partial charge in [0.05, 0.1) is 17.7 Å². The normalized spacial score (nSPS) is 27.0. The molecule has 0 bridgehead atoms. The number of aromatic nitrogens is 2. The summed E-state index contributed by atoms with van der Waals surface area (Å²) in [5.41, 5.74) is 3.15. The monoisotopic (exact) mass is 362 g/mol. The van der Waals surface area contributed by atoms with E-state index >= 15 is 0 Å². The van der Waals surface area contributed by atoms with E-state index in [-0.39, 0.29) is 24.0 Å². The molecule has 2 aliphatic rings. The first kappa shape index (κ1) is 18.7. The maximum Gasteiger partial charge on any atom is 0.318 e. The topological polar surface area (TPSA) is 98.3 Å². The van der Waals surface area contributed by atoms with Gasteiger partial charge in [0.15, 0.2) is 0 Å². The van der Waals surface area contributed by atoms with Gasteiger partial charge < -0.3 is 15.3 Å². The van der Waals surface area contributed by atoms with E-state index in [9.17, 15) is 9.59 Å². The van der Waals surface area contributed by atoms with Crippen molar-refractivity contribution in [2.24, 2.45) is 5.92 Å². The minimum absolute atomic E-state index is 0.0179. The molecular weight excluding hydrogens is 332 g/mol. The summed E-state index contributed by atoms with van der Waals surface area (Å²) in [6.07, 6.45) is 7.00. The Balaban J connectivity index is 1.68. The summed E-state index contributed by atoms with van der Waals surface area (Å²) in [5, 5.41) is 19.7. The van der Waals surface area contributed by atoms with Crippen LogP contribution in [-0.4, -0.2) is 44.8 Å². The molecule has 0 spiro atoms. The van der Waals surface area contributed by atoms with Crippen LogP contribution in [0, 0.1) is 19.8 Å². The Kier molecular flexibility index (Phi) is 5.84. The van der Waals surface area contributed by atoms with E-state index in [1.165, 1.54) is 0 Å². The van der Waals surface area contributed by atoms with Gasteiger partial charge in [-0.1, -0.05) is 12.8 Å². The summed E-state index contributed by atoms with van der Waals surface area (Å²) in [7, 11) is 0. The van der Waals surface area contributed by atoms with Gasteiger partial charge in [-0.15, -0.1) is 0 Å². The molecule has 2 heterocycles. The highest BCUT2D eigenvalue weighted by atomic mass is 16.4. The molecule has 7 heteroatoms. The number of amides is 2. The zero-order valence-electron chi connectivity index (χ0n) is 15.8. The largest absolute Gasteiger partial charge is 0.481 e. The summed E-state index contributed by atoms with van der Waals surface area (Å²) in [6, 6.07) is 0.121. The SMILES string of the molecule is Cc1n[nH]c(C)c1C1CCCCCN1C(=O)NC1CCC(C(=O)O)CC1. The Labute approximate surface area is 154 Å². The number of aliphatic carboxylic acids is 1. The van der Waals surface area contributed by atoms with Crippen LogP contribution < -0.4 is 5.32 Å². The fraction of sp³-hybridized carbons (Fsp3) is 0.737. The van der Waals surface area contributed by atoms with E-state index < -0.39 is 5.97 Å². The fourth-order valence-electron chi connectivity index (χ4n) is 4.44. The lowest BCUT2D eigenvalue weighted by atomic mass is 9.86. The first-order valence-corrected chi connectivity index (χ1v) is 9.78. The molecule has 1 aromatic heterocycles. The fourth-order valence-corrected chi connectivity index (χ4v) is 4.44. The second-order valence-electron chi connectivity index (χ2n) is 7.74. The molecule has 1 saturated heterocycles. The number of aromatic amines is 1. The van der Waals surface area contributed by atoms with Crippen LogP contribution in [0.5, 0.6) is 0 Å². The number of H-pyrrole nitrogens is 1. The third-order valence-electron chi connectivity index (χ3n) is 5.94. The number of urea groups is 1. The average Bonchev–Trinajstić information content (AvgIpc) is 2.82. The lowest BCUT2D eigenvalue weighted by Crippen LogP contribution is -2.47. The maximum atomic E-state index is 13.0. The van der Waals surface area contributed by atoms with Crippen molar-refractivity contribution in [2.75, 3.05) is 6.54 Å². The van der Waals surface area contributed by atoms with Gasteiger partial charge in [0.2, 0.25) is 0 Å². The number of hydrogen-bond donors (Lipinski definition) is 3. The molecule has 2 fully saturated rings. The minimum Gasteiger partial charge on any atom is -0.481 e. The van der Waals surface area contributed by atoms with Crippen molar-refractivity contribution in [1.82, 2.24) is 20.4 Å². The first-order valence-electron chi connectivity index (χ1n) is 9.78. The molecule has 1 atom stereocenters. The van der Waals surface area contributed by atoms with Gasteiger partial charge in [-0.05, 0) is 52.4 Å². The van der Waals surface area contributed by atoms with Crippen molar-refractivity contribution in [3.05, 3.63) is 17.0 Å². The van der Waals surface area contributed by atoms with E-state index in [4.69, 9.17) is 5.11 Å². The molecule has 26 heavy (non-hydrogen) atoms. The van der Waals surface area contributed by atoms with Gasteiger partial charge in [0, 0.05) is 23.8 Å². The Morgan fingerprint density at radius 1 is 1.12 bits per heavy atom. The average molecular weight is 362 g/mol. The lowest BCUT2D eigenvalue weighted by Gasteiger charge is -2.34. The highest BCUT2D eigenvalue weighted by molar-refractivity contribution is 5.75. The molecule has 1 saturated carbocycles. The number of carboxylic acid groups (broad SMARTS) is 1. The van der Waals surface area contributed by atoms with E-state index in [0.717, 1.165) is 62.0 Å². The van der Waals surface area contributed by atoms with E-state index in [1.54, 1.807) is 0 Å². The van der Waals surface area contributed by atoms with Crippen LogP contribution in [0.25, 0.3) is 0 Å². The van der Waals surface area contributed by atoms with Crippen LogP contribution >= 0.6 is 0 Å². The molecule has 1 unspecified atom stereocenters. The number of nitrogens with zero attached hydrogens (tertiary/aromatic N) is 2. The highest BCUT2D eigenvalue weighted by Crippen LogP contribution is 2.33. The highest BCUT2D eigenvalue weighted by Gasteiger charge is 2.32. The van der Waals surface area contributed by atoms with E-state index in [2.05, 4.69) is 15.5 Å². The van der Waals surface area contributed by atoms with Crippen molar-refractivity contribution < 1.29 is 14.7 Å². The summed E-state index contributed by atoms with van der Waals surface area (Å²) in [4.78, 5) is 26.1. The van der Waals surface area contributed by atoms with Gasteiger partial charge in [0.1, 0.15) is 0 Å². The zero-order valence-corrected chi connectivity index (χ0v) is 15.8. The molecule has 144 valence electrons. The molecular formula is C19H30N4O3. The van der Waals surface area contributed by atoms with Crippen LogP contribution in [-0.2, 0) is 4.79 Å². The molecule has 7 nitrogen and oxygen atoms in total. The number of aryl methyl sites for hydroxylation is 2. The maximum absolute atomic E-state index is 13.0. The Hall–Kier alpha value is -2.05. The molecule has 3 rings (SSSR count). The number of hydrogen-bond acceptors (Lipinski definition) is 3. The van der Waals surface area contributed by atoms with Gasteiger partial charge in [-0.3, -0.25) is 9.89 Å². The van der Waals surface area contributed by atoms with Gasteiger partial charge in [0.25, 0.3) is 0 Å². The number of carboxylic acids is 1. The van der Waals surface area contributed by atoms with Crippen molar-refractivity contribution in [2.45, 2.75) is 77.3 Å². The van der Waals surface area contributed by atoms with Gasteiger partial charge in [-0.25, -0.2) is 4.79 Å². The predicted molar refractivity (Wildman–Crippen MR) is 97.9 cm³/mol. The third-order valence-corrected chi connectivity index (χ3v) is 5.94. The standard InChI is InChI=1S/C19H30N4O3/c1-12-17(13(2)22-21-12)16-6-4-3-5-11-23(16)19(26)20-15-9-7-14(8-10-15)18(24)25/h14-16H,3-11H2,1-2H3,(H,20,26)(H,21,22)(H,24,25). The number of rotatable bonds is 3. The van der Waals surface area contributed by atoms with Crippen molar-refractivity contribution in [1.29, 1.82) is 0 Å². The summed E-state index contributed by atoms with van der Waals surface area (Å²) >= 11 is 0. The number of nitrogens with one attached hydrogen (secondary N) is 2. The molecule has 1 aromatic rings. The molecule has 3 N–H and O–H groups in total.